The summed E-state index contributed by atoms with van der Waals surface area (Å²) in [6.45, 7) is 7.51. The fourth-order valence-corrected chi connectivity index (χ4v) is 2.38. The van der Waals surface area contributed by atoms with Crippen LogP contribution in [0.5, 0.6) is 5.75 Å². The van der Waals surface area contributed by atoms with Crippen LogP contribution in [0, 0.1) is 17.2 Å². The Labute approximate surface area is 116 Å². The first-order valence-corrected chi connectivity index (χ1v) is 6.96. The number of nitrogens with zero attached hydrogens (tertiary/aromatic N) is 1. The Morgan fingerprint density at radius 1 is 1.32 bits per heavy atom. The number of methoxy groups -OCH3 is 1. The number of hydrogen-bond donors (Lipinski definition) is 1. The maximum absolute atomic E-state index is 8.95. The molecule has 0 saturated carbocycles. The summed E-state index contributed by atoms with van der Waals surface area (Å²) in [7, 11) is 1.60. The van der Waals surface area contributed by atoms with Crippen molar-refractivity contribution in [1.29, 1.82) is 5.26 Å². The highest BCUT2D eigenvalue weighted by molar-refractivity contribution is 5.45. The van der Waals surface area contributed by atoms with Gasteiger partial charge >= 0.3 is 0 Å². The molecule has 104 valence electrons. The maximum Gasteiger partial charge on any atom is 0.136 e. The van der Waals surface area contributed by atoms with Crippen LogP contribution in [0.25, 0.3) is 0 Å². The summed E-state index contributed by atoms with van der Waals surface area (Å²) in [6.07, 6.45) is 2.39. The molecule has 1 aromatic carbocycles. The normalized spacial score (nSPS) is 12.2. The standard InChI is InChI=1S/C16H24N2O/c1-5-14(6-2)12(3)18-11-13-7-8-15(10-17)16(9-13)19-4/h7-9,12,14,18H,5-6,11H2,1-4H3. The number of benzene rings is 1. The van der Waals surface area contributed by atoms with Gasteiger partial charge in [0, 0.05) is 12.6 Å². The Morgan fingerprint density at radius 3 is 2.53 bits per heavy atom. The highest BCUT2D eigenvalue weighted by Crippen LogP contribution is 2.20. The van der Waals surface area contributed by atoms with Crippen molar-refractivity contribution in [3.63, 3.8) is 0 Å². The molecule has 0 heterocycles. The number of ether oxygens (including phenoxy) is 1. The first-order valence-electron chi connectivity index (χ1n) is 6.96. The highest BCUT2D eigenvalue weighted by atomic mass is 16.5. The molecule has 0 radical (unpaired) electrons. The molecule has 0 fully saturated rings. The van der Waals surface area contributed by atoms with Crippen molar-refractivity contribution in [2.24, 2.45) is 5.92 Å². The minimum absolute atomic E-state index is 0.497. The Morgan fingerprint density at radius 2 is 2.00 bits per heavy atom. The zero-order chi connectivity index (χ0) is 14.3. The lowest BCUT2D eigenvalue weighted by Crippen LogP contribution is -2.32. The van der Waals surface area contributed by atoms with Crippen molar-refractivity contribution in [3.05, 3.63) is 29.3 Å². The van der Waals surface area contributed by atoms with Crippen molar-refractivity contribution in [3.8, 4) is 11.8 Å². The summed E-state index contributed by atoms with van der Waals surface area (Å²) >= 11 is 0. The monoisotopic (exact) mass is 260 g/mol. The van der Waals surface area contributed by atoms with Crippen LogP contribution in [0.15, 0.2) is 18.2 Å². The molecule has 0 aliphatic rings. The van der Waals surface area contributed by atoms with E-state index in [-0.39, 0.29) is 0 Å². The van der Waals surface area contributed by atoms with Crippen LogP contribution in [0.1, 0.15) is 44.7 Å². The van der Waals surface area contributed by atoms with Crippen LogP contribution in [-0.4, -0.2) is 13.2 Å². The van der Waals surface area contributed by atoms with Crippen LogP contribution >= 0.6 is 0 Å². The Kier molecular flexibility index (Phi) is 6.38. The van der Waals surface area contributed by atoms with Crippen LogP contribution in [-0.2, 0) is 6.54 Å². The highest BCUT2D eigenvalue weighted by Gasteiger charge is 2.13. The molecule has 0 spiro atoms. The summed E-state index contributed by atoms with van der Waals surface area (Å²) in [5.74, 6) is 1.36. The Hall–Kier alpha value is -1.53. The van der Waals surface area contributed by atoms with Crippen molar-refractivity contribution in [2.45, 2.75) is 46.2 Å². The molecular formula is C16H24N2O. The molecule has 0 saturated heterocycles. The third-order valence-corrected chi connectivity index (χ3v) is 3.77. The van der Waals surface area contributed by atoms with Crippen molar-refractivity contribution in [2.75, 3.05) is 7.11 Å². The molecule has 0 bridgehead atoms. The number of hydrogen-bond acceptors (Lipinski definition) is 3. The number of rotatable bonds is 7. The predicted molar refractivity (Wildman–Crippen MR) is 78.1 cm³/mol. The smallest absolute Gasteiger partial charge is 0.136 e. The molecule has 1 rings (SSSR count). The lowest BCUT2D eigenvalue weighted by Gasteiger charge is -2.22. The average molecular weight is 260 g/mol. The van der Waals surface area contributed by atoms with E-state index in [1.54, 1.807) is 7.11 Å². The molecule has 1 atom stereocenters. The molecule has 1 N–H and O–H groups in total. The van der Waals surface area contributed by atoms with E-state index in [1.807, 2.05) is 18.2 Å². The lowest BCUT2D eigenvalue weighted by atomic mass is 9.95. The quantitative estimate of drug-likeness (QED) is 0.816. The number of nitrogens with one attached hydrogen (secondary N) is 1. The minimum Gasteiger partial charge on any atom is -0.495 e. The Balaban J connectivity index is 2.66. The van der Waals surface area contributed by atoms with E-state index in [4.69, 9.17) is 10.00 Å². The molecule has 3 heteroatoms. The number of nitriles is 1. The summed E-state index contributed by atoms with van der Waals surface area (Å²) in [4.78, 5) is 0. The van der Waals surface area contributed by atoms with Gasteiger partial charge in [0.15, 0.2) is 0 Å². The van der Waals surface area contributed by atoms with Gasteiger partial charge in [-0.15, -0.1) is 0 Å². The molecule has 1 unspecified atom stereocenters. The fourth-order valence-electron chi connectivity index (χ4n) is 2.38. The van der Waals surface area contributed by atoms with Crippen LogP contribution < -0.4 is 10.1 Å². The molecular weight excluding hydrogens is 236 g/mol. The van der Waals surface area contributed by atoms with Crippen molar-refractivity contribution < 1.29 is 4.74 Å². The first kappa shape index (κ1) is 15.5. The summed E-state index contributed by atoms with van der Waals surface area (Å²) in [5.41, 5.74) is 1.73. The van der Waals surface area contributed by atoms with Gasteiger partial charge in [-0.05, 0) is 30.5 Å². The molecule has 1 aromatic rings. The van der Waals surface area contributed by atoms with Crippen molar-refractivity contribution >= 4 is 0 Å². The van der Waals surface area contributed by atoms with Gasteiger partial charge in [-0.25, -0.2) is 0 Å². The molecule has 0 aromatic heterocycles. The Bertz CT molecular complexity index is 433. The van der Waals surface area contributed by atoms with Gasteiger partial charge in [0.1, 0.15) is 11.8 Å². The molecule has 3 nitrogen and oxygen atoms in total. The lowest BCUT2D eigenvalue weighted by molar-refractivity contribution is 0.352. The summed E-state index contributed by atoms with van der Waals surface area (Å²) in [6, 6.07) is 8.36. The van der Waals surface area contributed by atoms with E-state index in [0.29, 0.717) is 23.3 Å². The molecule has 0 aliphatic carbocycles. The topological polar surface area (TPSA) is 45.0 Å². The minimum atomic E-state index is 0.497. The largest absolute Gasteiger partial charge is 0.495 e. The second kappa shape index (κ2) is 7.81. The van der Waals surface area contributed by atoms with Gasteiger partial charge in [-0.1, -0.05) is 32.8 Å². The van der Waals surface area contributed by atoms with E-state index in [1.165, 1.54) is 12.8 Å². The second-order valence-corrected chi connectivity index (χ2v) is 4.89. The van der Waals surface area contributed by atoms with Gasteiger partial charge in [-0.2, -0.15) is 5.26 Å². The zero-order valence-electron chi connectivity index (χ0n) is 12.4. The third kappa shape index (κ3) is 4.25. The van der Waals surface area contributed by atoms with Gasteiger partial charge in [0.25, 0.3) is 0 Å². The third-order valence-electron chi connectivity index (χ3n) is 3.77. The van der Waals surface area contributed by atoms with E-state index < -0.39 is 0 Å². The predicted octanol–water partition coefficient (Wildman–Crippen LogP) is 3.48. The second-order valence-electron chi connectivity index (χ2n) is 4.89. The van der Waals surface area contributed by atoms with Crippen LogP contribution in [0.3, 0.4) is 0 Å². The summed E-state index contributed by atoms with van der Waals surface area (Å²) in [5, 5.41) is 12.5. The van der Waals surface area contributed by atoms with Crippen LogP contribution in [0.4, 0.5) is 0 Å². The van der Waals surface area contributed by atoms with Gasteiger partial charge < -0.3 is 10.1 Å². The SMILES string of the molecule is CCC(CC)C(C)NCc1ccc(C#N)c(OC)c1. The summed E-state index contributed by atoms with van der Waals surface area (Å²) < 4.78 is 5.22. The van der Waals surface area contributed by atoms with E-state index in [2.05, 4.69) is 32.2 Å². The van der Waals surface area contributed by atoms with Crippen molar-refractivity contribution in [1.82, 2.24) is 5.32 Å². The zero-order valence-corrected chi connectivity index (χ0v) is 12.4. The van der Waals surface area contributed by atoms with Gasteiger partial charge in [0.05, 0.1) is 12.7 Å². The van der Waals surface area contributed by atoms with E-state index in [9.17, 15) is 0 Å². The molecule has 0 amide bonds. The maximum atomic E-state index is 8.95. The average Bonchev–Trinajstić information content (AvgIpc) is 2.45. The van der Waals surface area contributed by atoms with Gasteiger partial charge in [-0.3, -0.25) is 0 Å². The first-order chi connectivity index (χ1) is 9.15. The van der Waals surface area contributed by atoms with E-state index in [0.717, 1.165) is 12.1 Å². The fraction of sp³-hybridized carbons (Fsp3) is 0.562. The van der Waals surface area contributed by atoms with Crippen LogP contribution in [0.2, 0.25) is 0 Å². The molecule has 19 heavy (non-hydrogen) atoms. The van der Waals surface area contributed by atoms with Gasteiger partial charge in [0.2, 0.25) is 0 Å². The van der Waals surface area contributed by atoms with E-state index >= 15 is 0 Å². The molecule has 0 aliphatic heterocycles.